The molecule has 5 rings (SSSR count). The van der Waals surface area contributed by atoms with Crippen molar-refractivity contribution in [1.29, 1.82) is 0 Å². The highest BCUT2D eigenvalue weighted by atomic mass is 19.1. The van der Waals surface area contributed by atoms with Crippen LogP contribution in [-0.4, -0.2) is 107 Å². The zero-order valence-corrected chi connectivity index (χ0v) is 30.6. The lowest BCUT2D eigenvalue weighted by molar-refractivity contribution is -0.135. The first-order valence-corrected chi connectivity index (χ1v) is 17.5. The third-order valence-corrected chi connectivity index (χ3v) is 9.61. The molecule has 0 saturated carbocycles. The quantitative estimate of drug-likeness (QED) is 0.199. The summed E-state index contributed by atoms with van der Waals surface area (Å²) in [4.78, 5) is 74.1. The molecule has 15 nitrogen and oxygen atoms in total. The average molecular weight is 736 g/mol. The summed E-state index contributed by atoms with van der Waals surface area (Å²) in [5, 5.41) is 14.6. The summed E-state index contributed by atoms with van der Waals surface area (Å²) in [5.74, 6) is -1.06. The van der Waals surface area contributed by atoms with Gasteiger partial charge in [0.15, 0.2) is 0 Å². The van der Waals surface area contributed by atoms with Crippen LogP contribution in [0.4, 0.5) is 24.5 Å². The maximum Gasteiger partial charge on any atom is 0.414 e. The van der Waals surface area contributed by atoms with Crippen LogP contribution in [0.3, 0.4) is 0 Å². The van der Waals surface area contributed by atoms with Crippen LogP contribution in [0.1, 0.15) is 52.4 Å². The molecule has 1 aromatic heterocycles. The van der Waals surface area contributed by atoms with Crippen molar-refractivity contribution in [2.24, 2.45) is 11.8 Å². The average Bonchev–Trinajstić information content (AvgIpc) is 3.89. The number of halogens is 1. The van der Waals surface area contributed by atoms with Crippen molar-refractivity contribution in [2.75, 3.05) is 38.7 Å². The summed E-state index contributed by atoms with van der Waals surface area (Å²) in [7, 11) is 2.58. The van der Waals surface area contributed by atoms with E-state index in [2.05, 4.69) is 20.6 Å². The number of nitrogens with one attached hydrogen (secondary N) is 3. The minimum absolute atomic E-state index is 0.0351. The van der Waals surface area contributed by atoms with E-state index in [4.69, 9.17) is 9.47 Å². The smallest absolute Gasteiger partial charge is 0.414 e. The van der Waals surface area contributed by atoms with E-state index in [0.29, 0.717) is 29.9 Å². The Labute approximate surface area is 306 Å². The molecule has 0 radical (unpaired) electrons. The minimum atomic E-state index is -1.24. The second-order valence-electron chi connectivity index (χ2n) is 13.9. The highest BCUT2D eigenvalue weighted by molar-refractivity contribution is 5.91. The molecule has 2 aromatic carbocycles. The lowest BCUT2D eigenvalue weighted by atomic mass is 10.0. The molecule has 53 heavy (non-hydrogen) atoms. The number of carbonyl (C=O) groups excluding carboxylic acids is 4. The standard InChI is InChI=1S/C37H46FN7O8/c1-20(2)30(42-35(48)52-6)34(47)44-15-7-8-29(44)32-39-18-28(41-32)23-11-9-22(10-12-23)26-14-13-24(16-27(26)38)45-19-25(53-37(45)51)17-40-33(46)31(21(3)4)43(5)36(49)50/h9-14,16,18,20-21,25,29-31H,7-8,15,17,19H2,1-6H3,(H,39,41)(H,40,46)(H,42,48)(H,49,50)/t25-,29-,30-,31-/m0/s1. The number of alkyl carbamates (subject to hydrolysis) is 1. The van der Waals surface area contributed by atoms with Crippen molar-refractivity contribution in [3.05, 3.63) is 60.3 Å². The van der Waals surface area contributed by atoms with Gasteiger partial charge in [0.1, 0.15) is 29.8 Å². The lowest BCUT2D eigenvalue weighted by Crippen LogP contribution is -2.51. The summed E-state index contributed by atoms with van der Waals surface area (Å²) < 4.78 is 25.6. The number of carbonyl (C=O) groups is 5. The third kappa shape index (κ3) is 8.53. The number of anilines is 1. The number of likely N-dealkylation sites (tertiary alicyclic amines) is 1. The number of imidazole rings is 1. The molecule has 5 amide bonds. The molecule has 3 aromatic rings. The Bertz CT molecular complexity index is 1830. The number of carboxylic acid groups (broad SMARTS) is 1. The van der Waals surface area contributed by atoms with Crippen LogP contribution in [-0.2, 0) is 19.1 Å². The van der Waals surface area contributed by atoms with Crippen molar-refractivity contribution in [2.45, 2.75) is 64.8 Å². The van der Waals surface area contributed by atoms with E-state index in [-0.39, 0.29) is 42.6 Å². The van der Waals surface area contributed by atoms with Gasteiger partial charge in [-0.3, -0.25) is 19.4 Å². The summed E-state index contributed by atoms with van der Waals surface area (Å²) >= 11 is 0. The van der Waals surface area contributed by atoms with Crippen LogP contribution in [0.25, 0.3) is 22.4 Å². The number of rotatable bonds is 12. The number of aromatic amines is 1. The molecule has 0 spiro atoms. The number of ether oxygens (including phenoxy) is 2. The number of benzene rings is 2. The number of aromatic nitrogens is 2. The van der Waals surface area contributed by atoms with E-state index >= 15 is 4.39 Å². The predicted molar refractivity (Wildman–Crippen MR) is 192 cm³/mol. The fourth-order valence-electron chi connectivity index (χ4n) is 6.78. The van der Waals surface area contributed by atoms with Gasteiger partial charge in [-0.25, -0.2) is 23.8 Å². The van der Waals surface area contributed by atoms with Gasteiger partial charge in [-0.1, -0.05) is 52.0 Å². The predicted octanol–water partition coefficient (Wildman–Crippen LogP) is 5.00. The Kier molecular flexibility index (Phi) is 11.9. The Balaban J connectivity index is 1.22. The topological polar surface area (TPSA) is 186 Å². The molecule has 2 saturated heterocycles. The third-order valence-electron chi connectivity index (χ3n) is 9.61. The lowest BCUT2D eigenvalue weighted by Gasteiger charge is -2.30. The molecule has 2 aliphatic heterocycles. The van der Waals surface area contributed by atoms with Gasteiger partial charge in [-0.2, -0.15) is 0 Å². The van der Waals surface area contributed by atoms with E-state index in [0.717, 1.165) is 22.6 Å². The Morgan fingerprint density at radius 3 is 2.42 bits per heavy atom. The Hall–Kier alpha value is -5.67. The maximum atomic E-state index is 15.5. The molecule has 0 bridgehead atoms. The zero-order valence-electron chi connectivity index (χ0n) is 30.6. The number of H-pyrrole nitrogens is 1. The largest absolute Gasteiger partial charge is 0.465 e. The number of nitrogens with zero attached hydrogens (tertiary/aromatic N) is 4. The van der Waals surface area contributed by atoms with Crippen molar-refractivity contribution < 1.29 is 42.9 Å². The molecule has 16 heteroatoms. The highest BCUT2D eigenvalue weighted by Crippen LogP contribution is 2.34. The van der Waals surface area contributed by atoms with E-state index in [1.54, 1.807) is 49.2 Å². The van der Waals surface area contributed by atoms with Gasteiger partial charge in [0.05, 0.1) is 43.8 Å². The molecule has 2 aliphatic rings. The van der Waals surface area contributed by atoms with Crippen LogP contribution in [0.5, 0.6) is 0 Å². The normalized spacial score (nSPS) is 18.2. The van der Waals surface area contributed by atoms with E-state index in [9.17, 15) is 29.1 Å². The number of likely N-dealkylation sites (N-methyl/N-ethyl adjacent to an activating group) is 1. The molecule has 284 valence electrons. The Morgan fingerprint density at radius 1 is 1.09 bits per heavy atom. The molecular formula is C37H46FN7O8. The monoisotopic (exact) mass is 735 g/mol. The highest BCUT2D eigenvalue weighted by Gasteiger charge is 2.38. The second-order valence-corrected chi connectivity index (χ2v) is 13.9. The van der Waals surface area contributed by atoms with Crippen LogP contribution >= 0.6 is 0 Å². The molecule has 4 atom stereocenters. The maximum absolute atomic E-state index is 15.5. The number of amides is 5. The molecule has 0 aliphatic carbocycles. The van der Waals surface area contributed by atoms with E-state index in [1.165, 1.54) is 25.1 Å². The van der Waals surface area contributed by atoms with E-state index in [1.807, 2.05) is 26.0 Å². The van der Waals surface area contributed by atoms with Gasteiger partial charge in [-0.15, -0.1) is 0 Å². The zero-order chi connectivity index (χ0) is 38.6. The van der Waals surface area contributed by atoms with Crippen molar-refractivity contribution >= 4 is 35.8 Å². The minimum Gasteiger partial charge on any atom is -0.465 e. The second kappa shape index (κ2) is 16.3. The van der Waals surface area contributed by atoms with Gasteiger partial charge in [0.25, 0.3) is 0 Å². The summed E-state index contributed by atoms with van der Waals surface area (Å²) in [6.45, 7) is 7.75. The number of methoxy groups -OCH3 is 1. The van der Waals surface area contributed by atoms with Crippen molar-refractivity contribution in [3.8, 4) is 22.4 Å². The van der Waals surface area contributed by atoms with Crippen LogP contribution < -0.4 is 15.5 Å². The van der Waals surface area contributed by atoms with E-state index < -0.39 is 48.2 Å². The molecule has 0 unspecified atom stereocenters. The van der Waals surface area contributed by atoms with Crippen molar-refractivity contribution in [3.63, 3.8) is 0 Å². The van der Waals surface area contributed by atoms with Gasteiger partial charge in [-0.05, 0) is 54.0 Å². The van der Waals surface area contributed by atoms with Crippen LogP contribution in [0.2, 0.25) is 0 Å². The summed E-state index contributed by atoms with van der Waals surface area (Å²) in [6.07, 6.45) is -0.107. The molecule has 2 fully saturated rings. The summed E-state index contributed by atoms with van der Waals surface area (Å²) in [5.41, 5.74) is 2.75. The first kappa shape index (κ1) is 38.6. The first-order chi connectivity index (χ1) is 25.2. The molecular weight excluding hydrogens is 689 g/mol. The van der Waals surface area contributed by atoms with Gasteiger partial charge in [0, 0.05) is 19.2 Å². The number of cyclic esters (lactones) is 1. The fraction of sp³-hybridized carbons (Fsp3) is 0.459. The van der Waals surface area contributed by atoms with Gasteiger partial charge < -0.3 is 35.1 Å². The summed E-state index contributed by atoms with van der Waals surface area (Å²) in [6, 6.07) is 9.73. The SMILES string of the molecule is COC(=O)N[C@H](C(=O)N1CCC[C@H]1c1ncc(-c2ccc(-c3ccc(N4C[C@H](CNC(=O)[C@H](C(C)C)N(C)C(=O)O)OC4=O)cc3F)cc2)[nH]1)C(C)C. The molecule has 4 N–H and O–H groups in total. The van der Waals surface area contributed by atoms with Crippen LogP contribution in [0.15, 0.2) is 48.7 Å². The van der Waals surface area contributed by atoms with Crippen molar-refractivity contribution in [1.82, 2.24) is 30.4 Å². The van der Waals surface area contributed by atoms with Gasteiger partial charge >= 0.3 is 18.3 Å². The first-order valence-electron chi connectivity index (χ1n) is 17.5. The Morgan fingerprint density at radius 2 is 1.79 bits per heavy atom. The molecule has 3 heterocycles. The fourth-order valence-corrected chi connectivity index (χ4v) is 6.78. The van der Waals surface area contributed by atoms with Crippen LogP contribution in [0, 0.1) is 17.7 Å². The van der Waals surface area contributed by atoms with Gasteiger partial charge in [0.2, 0.25) is 11.8 Å². The number of hydrogen-bond acceptors (Lipinski definition) is 8. The number of hydrogen-bond donors (Lipinski definition) is 4.